The van der Waals surface area contributed by atoms with Crippen LogP contribution in [0.3, 0.4) is 0 Å². The van der Waals surface area contributed by atoms with E-state index in [4.69, 9.17) is 0 Å². The molecule has 2 N–H and O–H groups in total. The zero-order valence-corrected chi connectivity index (χ0v) is 13.0. The fraction of sp³-hybridized carbons (Fsp3) is 0.278. The van der Waals surface area contributed by atoms with E-state index in [-0.39, 0.29) is 12.1 Å². The summed E-state index contributed by atoms with van der Waals surface area (Å²) in [6.45, 7) is 8.13. The molecule has 0 aliphatic rings. The highest BCUT2D eigenvalue weighted by Crippen LogP contribution is 2.19. The Morgan fingerprint density at radius 1 is 1.00 bits per heavy atom. The van der Waals surface area contributed by atoms with Gasteiger partial charge in [-0.15, -0.1) is 0 Å². The van der Waals surface area contributed by atoms with Gasteiger partial charge in [0, 0.05) is 5.69 Å². The first-order chi connectivity index (χ1) is 9.95. The van der Waals surface area contributed by atoms with E-state index < -0.39 is 0 Å². The predicted octanol–water partition coefficient (Wildman–Crippen LogP) is 4.49. The molecule has 0 aliphatic carbocycles. The van der Waals surface area contributed by atoms with Gasteiger partial charge in [-0.3, -0.25) is 0 Å². The molecule has 0 fully saturated rings. The van der Waals surface area contributed by atoms with Gasteiger partial charge in [0.1, 0.15) is 0 Å². The number of benzene rings is 2. The van der Waals surface area contributed by atoms with E-state index in [0.717, 1.165) is 16.8 Å². The fourth-order valence-electron chi connectivity index (χ4n) is 2.48. The number of urea groups is 1. The monoisotopic (exact) mass is 282 g/mol. The average molecular weight is 282 g/mol. The molecule has 2 amide bonds. The second-order valence-electron chi connectivity index (χ2n) is 5.55. The molecule has 21 heavy (non-hydrogen) atoms. The normalized spacial score (nSPS) is 11.8. The molecule has 0 heterocycles. The minimum atomic E-state index is -0.187. The molecule has 0 spiro atoms. The maximum atomic E-state index is 12.1. The van der Waals surface area contributed by atoms with Crippen LogP contribution in [0.15, 0.2) is 42.5 Å². The van der Waals surface area contributed by atoms with Gasteiger partial charge >= 0.3 is 6.03 Å². The Hall–Kier alpha value is -2.29. The van der Waals surface area contributed by atoms with E-state index in [1.54, 1.807) is 0 Å². The molecule has 110 valence electrons. The summed E-state index contributed by atoms with van der Waals surface area (Å²) in [5.41, 5.74) is 5.49. The highest BCUT2D eigenvalue weighted by molar-refractivity contribution is 5.89. The molecule has 1 atom stereocenters. The Bertz CT molecular complexity index is 649. The lowest BCUT2D eigenvalue weighted by atomic mass is 10.0. The van der Waals surface area contributed by atoms with Gasteiger partial charge in [-0.2, -0.15) is 0 Å². The third kappa shape index (κ3) is 4.09. The van der Waals surface area contributed by atoms with E-state index in [1.807, 2.05) is 38.1 Å². The molecular formula is C18H22N2O. The summed E-state index contributed by atoms with van der Waals surface area (Å²) in [5, 5.41) is 5.84. The van der Waals surface area contributed by atoms with Gasteiger partial charge in [0.05, 0.1) is 6.04 Å². The van der Waals surface area contributed by atoms with Crippen LogP contribution < -0.4 is 10.6 Å². The zero-order valence-electron chi connectivity index (χ0n) is 13.0. The van der Waals surface area contributed by atoms with Crippen LogP contribution in [0.4, 0.5) is 10.5 Å². The molecule has 3 heteroatoms. The number of hydrogen-bond donors (Lipinski definition) is 2. The molecule has 3 nitrogen and oxygen atoms in total. The zero-order chi connectivity index (χ0) is 15.4. The first kappa shape index (κ1) is 15.1. The molecule has 0 unspecified atom stereocenters. The number of rotatable bonds is 3. The Morgan fingerprint density at radius 2 is 1.71 bits per heavy atom. The molecule has 0 saturated carbocycles. The topological polar surface area (TPSA) is 41.1 Å². The Kier molecular flexibility index (Phi) is 4.63. The Balaban J connectivity index is 2.02. The fourth-order valence-corrected chi connectivity index (χ4v) is 2.48. The van der Waals surface area contributed by atoms with Crippen LogP contribution >= 0.6 is 0 Å². The van der Waals surface area contributed by atoms with Crippen molar-refractivity contribution in [2.75, 3.05) is 5.32 Å². The summed E-state index contributed by atoms with van der Waals surface area (Å²) in [6, 6.07) is 13.8. The highest BCUT2D eigenvalue weighted by atomic mass is 16.2. The molecule has 0 bridgehead atoms. The number of anilines is 1. The third-order valence-electron chi connectivity index (χ3n) is 3.52. The van der Waals surface area contributed by atoms with Crippen LogP contribution in [0, 0.1) is 20.8 Å². The summed E-state index contributed by atoms with van der Waals surface area (Å²) < 4.78 is 0. The van der Waals surface area contributed by atoms with Crippen LogP contribution in [0.2, 0.25) is 0 Å². The molecule has 2 aromatic carbocycles. The largest absolute Gasteiger partial charge is 0.331 e. The van der Waals surface area contributed by atoms with Crippen LogP contribution in [0.1, 0.15) is 35.2 Å². The maximum Gasteiger partial charge on any atom is 0.319 e. The van der Waals surface area contributed by atoms with Gasteiger partial charge in [0.2, 0.25) is 0 Å². The van der Waals surface area contributed by atoms with Gasteiger partial charge in [-0.05, 0) is 56.5 Å². The number of hydrogen-bond acceptors (Lipinski definition) is 1. The standard InChI is InChI=1S/C18H22N2O/c1-12-6-5-7-16(11-12)20-18(21)19-15(4)17-9-8-13(2)10-14(17)3/h5-11,15H,1-4H3,(H2,19,20,21)/t15-/m0/s1. The van der Waals surface area contributed by atoms with Gasteiger partial charge in [0.15, 0.2) is 0 Å². The van der Waals surface area contributed by atoms with Crippen LogP contribution in [0.25, 0.3) is 0 Å². The SMILES string of the molecule is Cc1cccc(NC(=O)N[C@@H](C)c2ccc(C)cc2C)c1. The number of carbonyl (C=O) groups excluding carboxylic acids is 1. The summed E-state index contributed by atoms with van der Waals surface area (Å²) in [5.74, 6) is 0. The predicted molar refractivity (Wildman–Crippen MR) is 87.7 cm³/mol. The Morgan fingerprint density at radius 3 is 2.38 bits per heavy atom. The molecule has 0 aromatic heterocycles. The first-order valence-corrected chi connectivity index (χ1v) is 7.17. The van der Waals surface area contributed by atoms with Crippen molar-refractivity contribution in [2.24, 2.45) is 0 Å². The summed E-state index contributed by atoms with van der Waals surface area (Å²) in [6.07, 6.45) is 0. The number of amides is 2. The summed E-state index contributed by atoms with van der Waals surface area (Å²) in [4.78, 5) is 12.1. The number of aryl methyl sites for hydroxylation is 3. The van der Waals surface area contributed by atoms with Gasteiger partial charge in [-0.1, -0.05) is 35.9 Å². The Labute approximate surface area is 126 Å². The van der Waals surface area contributed by atoms with Crippen LogP contribution in [0.5, 0.6) is 0 Å². The number of carbonyl (C=O) groups is 1. The third-order valence-corrected chi connectivity index (χ3v) is 3.52. The van der Waals surface area contributed by atoms with Crippen molar-refractivity contribution < 1.29 is 4.79 Å². The van der Waals surface area contributed by atoms with Crippen molar-refractivity contribution in [2.45, 2.75) is 33.7 Å². The maximum absolute atomic E-state index is 12.1. The van der Waals surface area contributed by atoms with Crippen LogP contribution in [-0.4, -0.2) is 6.03 Å². The quantitative estimate of drug-likeness (QED) is 0.855. The van der Waals surface area contributed by atoms with Crippen molar-refractivity contribution in [1.82, 2.24) is 5.32 Å². The second-order valence-corrected chi connectivity index (χ2v) is 5.55. The minimum absolute atomic E-state index is 0.0320. The van der Waals surface area contributed by atoms with Crippen LogP contribution in [-0.2, 0) is 0 Å². The van der Waals surface area contributed by atoms with Crippen molar-refractivity contribution in [3.63, 3.8) is 0 Å². The molecule has 2 aromatic rings. The first-order valence-electron chi connectivity index (χ1n) is 7.17. The highest BCUT2D eigenvalue weighted by Gasteiger charge is 2.11. The molecule has 0 saturated heterocycles. The van der Waals surface area contributed by atoms with Crippen molar-refractivity contribution >= 4 is 11.7 Å². The van der Waals surface area contributed by atoms with E-state index in [0.29, 0.717) is 0 Å². The van der Waals surface area contributed by atoms with Gasteiger partial charge in [0.25, 0.3) is 0 Å². The summed E-state index contributed by atoms with van der Waals surface area (Å²) >= 11 is 0. The van der Waals surface area contributed by atoms with Crippen molar-refractivity contribution in [3.05, 3.63) is 64.7 Å². The van der Waals surface area contributed by atoms with Crippen molar-refractivity contribution in [1.29, 1.82) is 0 Å². The lowest BCUT2D eigenvalue weighted by Crippen LogP contribution is -2.31. The number of nitrogens with one attached hydrogen (secondary N) is 2. The molecule has 2 rings (SSSR count). The van der Waals surface area contributed by atoms with E-state index >= 15 is 0 Å². The second kappa shape index (κ2) is 6.44. The minimum Gasteiger partial charge on any atom is -0.331 e. The van der Waals surface area contributed by atoms with E-state index in [9.17, 15) is 4.79 Å². The van der Waals surface area contributed by atoms with Gasteiger partial charge < -0.3 is 10.6 Å². The smallest absolute Gasteiger partial charge is 0.319 e. The van der Waals surface area contributed by atoms with E-state index in [1.165, 1.54) is 11.1 Å². The summed E-state index contributed by atoms with van der Waals surface area (Å²) in [7, 11) is 0. The lowest BCUT2D eigenvalue weighted by molar-refractivity contribution is 0.249. The molecule has 0 radical (unpaired) electrons. The average Bonchev–Trinajstić information content (AvgIpc) is 2.38. The molecular weight excluding hydrogens is 260 g/mol. The van der Waals surface area contributed by atoms with E-state index in [2.05, 4.69) is 42.7 Å². The molecule has 0 aliphatic heterocycles. The van der Waals surface area contributed by atoms with Gasteiger partial charge in [-0.25, -0.2) is 4.79 Å². The lowest BCUT2D eigenvalue weighted by Gasteiger charge is -2.17. The van der Waals surface area contributed by atoms with Crippen molar-refractivity contribution in [3.8, 4) is 0 Å².